The summed E-state index contributed by atoms with van der Waals surface area (Å²) in [5, 5.41) is 19.8. The predicted molar refractivity (Wildman–Crippen MR) is 105 cm³/mol. The zero-order valence-electron chi connectivity index (χ0n) is 16.4. The summed E-state index contributed by atoms with van der Waals surface area (Å²) in [5.41, 5.74) is 0.407. The van der Waals surface area contributed by atoms with E-state index in [2.05, 4.69) is 6.58 Å². The molecule has 6 nitrogen and oxygen atoms in total. The van der Waals surface area contributed by atoms with Gasteiger partial charge in [0.05, 0.1) is 11.7 Å². The minimum absolute atomic E-state index is 0.0735. The molecule has 154 valence electrons. The Balaban J connectivity index is 1.62. The number of amides is 2. The van der Waals surface area contributed by atoms with E-state index in [0.717, 1.165) is 12.8 Å². The number of aliphatic hydroxyl groups excluding tert-OH is 1. The predicted octanol–water partition coefficient (Wildman–Crippen LogP) is 2.39. The number of hydrogen-bond donors (Lipinski definition) is 1. The fourth-order valence-corrected chi connectivity index (χ4v) is 4.29. The van der Waals surface area contributed by atoms with E-state index in [0.29, 0.717) is 44.6 Å². The summed E-state index contributed by atoms with van der Waals surface area (Å²) in [7, 11) is 0. The first-order chi connectivity index (χ1) is 13.9. The standard InChI is InChI=1S/C22H26FN3O3/c1-2-20(27)25-10-7-15(8-11-25)22(29)26-9-3-4-17(14-26)21(28)16-5-6-19(23)18(12-16)13-24/h2,5-6,12,15,17,21,28H,1,3-4,7-11,14H2. The Morgan fingerprint density at radius 3 is 2.62 bits per heavy atom. The van der Waals surface area contributed by atoms with Gasteiger partial charge in [0.15, 0.2) is 0 Å². The van der Waals surface area contributed by atoms with Crippen molar-refractivity contribution in [1.82, 2.24) is 9.80 Å². The second-order valence-corrected chi connectivity index (χ2v) is 7.79. The molecule has 0 aliphatic carbocycles. The third kappa shape index (κ3) is 4.65. The molecule has 1 aromatic rings. The van der Waals surface area contributed by atoms with Gasteiger partial charge in [-0.25, -0.2) is 4.39 Å². The molecule has 0 bridgehead atoms. The molecule has 2 fully saturated rings. The highest BCUT2D eigenvalue weighted by Crippen LogP contribution is 2.32. The molecular formula is C22H26FN3O3. The minimum Gasteiger partial charge on any atom is -0.388 e. The van der Waals surface area contributed by atoms with Crippen molar-refractivity contribution in [2.75, 3.05) is 26.2 Å². The van der Waals surface area contributed by atoms with E-state index >= 15 is 0 Å². The van der Waals surface area contributed by atoms with Crippen molar-refractivity contribution >= 4 is 11.8 Å². The van der Waals surface area contributed by atoms with Gasteiger partial charge in [0.2, 0.25) is 11.8 Å². The van der Waals surface area contributed by atoms with Crippen LogP contribution in [0.5, 0.6) is 0 Å². The maximum Gasteiger partial charge on any atom is 0.245 e. The molecule has 0 radical (unpaired) electrons. The van der Waals surface area contributed by atoms with Gasteiger partial charge in [0.25, 0.3) is 0 Å². The topological polar surface area (TPSA) is 84.6 Å². The van der Waals surface area contributed by atoms with Gasteiger partial charge in [-0.15, -0.1) is 0 Å². The molecule has 2 aliphatic heterocycles. The summed E-state index contributed by atoms with van der Waals surface area (Å²) < 4.78 is 13.6. The van der Waals surface area contributed by atoms with Crippen LogP contribution in [0.25, 0.3) is 0 Å². The van der Waals surface area contributed by atoms with Crippen LogP contribution in [-0.4, -0.2) is 52.9 Å². The average molecular weight is 399 g/mol. The van der Waals surface area contributed by atoms with Crippen molar-refractivity contribution in [1.29, 1.82) is 5.26 Å². The molecular weight excluding hydrogens is 373 g/mol. The minimum atomic E-state index is -0.856. The van der Waals surface area contributed by atoms with Crippen LogP contribution >= 0.6 is 0 Å². The van der Waals surface area contributed by atoms with E-state index in [1.54, 1.807) is 11.0 Å². The van der Waals surface area contributed by atoms with Crippen LogP contribution in [0.1, 0.15) is 42.9 Å². The molecule has 2 aliphatic rings. The molecule has 0 spiro atoms. The second kappa shape index (κ2) is 9.19. The first kappa shape index (κ1) is 21.0. The number of piperidine rings is 2. The van der Waals surface area contributed by atoms with E-state index < -0.39 is 11.9 Å². The Bertz CT molecular complexity index is 827. The molecule has 0 aromatic heterocycles. The van der Waals surface area contributed by atoms with E-state index in [1.165, 1.54) is 24.3 Å². The van der Waals surface area contributed by atoms with Crippen LogP contribution in [0.3, 0.4) is 0 Å². The second-order valence-electron chi connectivity index (χ2n) is 7.79. The van der Waals surface area contributed by atoms with Crippen LogP contribution in [0.15, 0.2) is 30.9 Å². The number of carbonyl (C=O) groups is 2. The Kier molecular flexibility index (Phi) is 6.65. The molecule has 2 heterocycles. The highest BCUT2D eigenvalue weighted by Gasteiger charge is 2.34. The fraction of sp³-hybridized carbons (Fsp3) is 0.500. The first-order valence-corrected chi connectivity index (χ1v) is 10.0. The lowest BCUT2D eigenvalue weighted by atomic mass is 9.86. The quantitative estimate of drug-likeness (QED) is 0.788. The number of nitrogens with zero attached hydrogens (tertiary/aromatic N) is 3. The van der Waals surface area contributed by atoms with Gasteiger partial charge in [-0.3, -0.25) is 9.59 Å². The number of rotatable bonds is 4. The maximum atomic E-state index is 13.6. The van der Waals surface area contributed by atoms with E-state index in [9.17, 15) is 19.1 Å². The fourth-order valence-electron chi connectivity index (χ4n) is 4.29. The van der Waals surface area contributed by atoms with Crippen LogP contribution < -0.4 is 0 Å². The van der Waals surface area contributed by atoms with Crippen LogP contribution in [0, 0.1) is 29.0 Å². The lowest BCUT2D eigenvalue weighted by molar-refractivity contribution is -0.141. The molecule has 7 heteroatoms. The van der Waals surface area contributed by atoms with Crippen molar-refractivity contribution in [3.8, 4) is 6.07 Å². The summed E-state index contributed by atoms with van der Waals surface area (Å²) in [6, 6.07) is 5.87. The number of benzene rings is 1. The van der Waals surface area contributed by atoms with Crippen molar-refractivity contribution in [3.05, 3.63) is 47.8 Å². The van der Waals surface area contributed by atoms with Gasteiger partial charge in [-0.1, -0.05) is 12.6 Å². The molecule has 3 rings (SSSR count). The van der Waals surface area contributed by atoms with E-state index in [-0.39, 0.29) is 29.2 Å². The average Bonchev–Trinajstić information content (AvgIpc) is 2.78. The lowest BCUT2D eigenvalue weighted by Gasteiger charge is -2.39. The van der Waals surface area contributed by atoms with Crippen molar-refractivity contribution in [2.24, 2.45) is 11.8 Å². The highest BCUT2D eigenvalue weighted by molar-refractivity contribution is 5.87. The van der Waals surface area contributed by atoms with Crippen LogP contribution in [0.2, 0.25) is 0 Å². The van der Waals surface area contributed by atoms with Crippen LogP contribution in [0.4, 0.5) is 4.39 Å². The SMILES string of the molecule is C=CC(=O)N1CCC(C(=O)N2CCCC(C(O)c3ccc(F)c(C#N)c3)C2)CC1. The van der Waals surface area contributed by atoms with Crippen LogP contribution in [-0.2, 0) is 9.59 Å². The number of hydrogen-bond acceptors (Lipinski definition) is 4. The monoisotopic (exact) mass is 399 g/mol. The molecule has 2 saturated heterocycles. The number of likely N-dealkylation sites (tertiary alicyclic amines) is 2. The van der Waals surface area contributed by atoms with Crippen molar-refractivity contribution in [2.45, 2.75) is 31.8 Å². The molecule has 1 N–H and O–H groups in total. The van der Waals surface area contributed by atoms with Gasteiger partial charge in [0.1, 0.15) is 11.9 Å². The molecule has 2 amide bonds. The molecule has 2 atom stereocenters. The zero-order chi connectivity index (χ0) is 21.0. The summed E-state index contributed by atoms with van der Waals surface area (Å²) >= 11 is 0. The Morgan fingerprint density at radius 2 is 1.97 bits per heavy atom. The van der Waals surface area contributed by atoms with E-state index in [4.69, 9.17) is 5.26 Å². The number of aliphatic hydroxyl groups is 1. The number of carbonyl (C=O) groups excluding carboxylic acids is 2. The van der Waals surface area contributed by atoms with Gasteiger partial charge in [0, 0.05) is 38.0 Å². The van der Waals surface area contributed by atoms with E-state index in [1.807, 2.05) is 4.90 Å². The molecule has 2 unspecified atom stereocenters. The summed E-state index contributed by atoms with van der Waals surface area (Å²) in [6.45, 7) is 5.69. The van der Waals surface area contributed by atoms with Crippen molar-refractivity contribution < 1.29 is 19.1 Å². The molecule has 1 aromatic carbocycles. The highest BCUT2D eigenvalue weighted by atomic mass is 19.1. The Labute approximate surface area is 170 Å². The number of nitriles is 1. The normalized spacial score (nSPS) is 21.3. The number of halogens is 1. The summed E-state index contributed by atoms with van der Waals surface area (Å²) in [5.74, 6) is -0.911. The maximum absolute atomic E-state index is 13.6. The van der Waals surface area contributed by atoms with Gasteiger partial charge < -0.3 is 14.9 Å². The summed E-state index contributed by atoms with van der Waals surface area (Å²) in [6.07, 6.45) is 3.25. The zero-order valence-corrected chi connectivity index (χ0v) is 16.4. The Morgan fingerprint density at radius 1 is 1.24 bits per heavy atom. The van der Waals surface area contributed by atoms with Gasteiger partial charge in [-0.2, -0.15) is 5.26 Å². The third-order valence-electron chi connectivity index (χ3n) is 6.00. The van der Waals surface area contributed by atoms with Crippen molar-refractivity contribution in [3.63, 3.8) is 0 Å². The third-order valence-corrected chi connectivity index (χ3v) is 6.00. The largest absolute Gasteiger partial charge is 0.388 e. The lowest BCUT2D eigenvalue weighted by Crippen LogP contribution is -2.47. The van der Waals surface area contributed by atoms with Gasteiger partial charge in [-0.05, 0) is 49.5 Å². The smallest absolute Gasteiger partial charge is 0.245 e. The van der Waals surface area contributed by atoms with Gasteiger partial charge >= 0.3 is 0 Å². The molecule has 0 saturated carbocycles. The first-order valence-electron chi connectivity index (χ1n) is 10.0. The Hall–Kier alpha value is -2.72. The molecule has 29 heavy (non-hydrogen) atoms. The summed E-state index contributed by atoms with van der Waals surface area (Å²) in [4.78, 5) is 28.2.